The minimum absolute atomic E-state index is 0.327. The van der Waals surface area contributed by atoms with Crippen LogP contribution in [-0.2, 0) is 6.18 Å². The van der Waals surface area contributed by atoms with Crippen molar-refractivity contribution >= 4 is 38.9 Å². The Bertz CT molecular complexity index is 550. The maximum atomic E-state index is 12.6. The maximum Gasteiger partial charge on any atom is 0.416 e. The van der Waals surface area contributed by atoms with Gasteiger partial charge in [-0.05, 0) is 23.1 Å². The van der Waals surface area contributed by atoms with E-state index in [0.29, 0.717) is 10.6 Å². The molecule has 1 aromatic carbocycles. The van der Waals surface area contributed by atoms with E-state index in [0.717, 1.165) is 17.0 Å². The number of hydrogen-bond donors (Lipinski definition) is 0. The molecule has 0 aliphatic carbocycles. The molecule has 0 aliphatic rings. The predicted octanol–water partition coefficient (Wildman–Crippen LogP) is 5.90. The lowest BCUT2D eigenvalue weighted by Crippen LogP contribution is -2.05. The van der Waals surface area contributed by atoms with Crippen molar-refractivity contribution in [1.29, 1.82) is 0 Å². The molecule has 2 aromatic rings. The van der Waals surface area contributed by atoms with Crippen LogP contribution in [0.25, 0.3) is 0 Å². The number of hydrogen-bond acceptors (Lipinski definition) is 1. The summed E-state index contributed by atoms with van der Waals surface area (Å²) in [6, 6.07) is 6.96. The first-order valence-corrected chi connectivity index (χ1v) is 7.11. The quantitative estimate of drug-likeness (QED) is 0.588. The zero-order chi connectivity index (χ0) is 13.3. The third kappa shape index (κ3) is 2.90. The van der Waals surface area contributed by atoms with Crippen molar-refractivity contribution in [2.45, 2.75) is 11.0 Å². The lowest BCUT2D eigenvalue weighted by atomic mass is 10.1. The predicted molar refractivity (Wildman–Crippen MR) is 71.5 cm³/mol. The second kappa shape index (κ2) is 5.23. The summed E-state index contributed by atoms with van der Waals surface area (Å²) in [5, 5.41) is 2.36. The van der Waals surface area contributed by atoms with Crippen LogP contribution in [0.1, 0.15) is 20.8 Å². The topological polar surface area (TPSA) is 0 Å². The summed E-state index contributed by atoms with van der Waals surface area (Å²) < 4.78 is 37.8. The molecule has 0 amide bonds. The molecule has 0 saturated carbocycles. The molecule has 2 rings (SSSR count). The Balaban J connectivity index is 2.38. The van der Waals surface area contributed by atoms with Crippen molar-refractivity contribution in [2.75, 3.05) is 0 Å². The van der Waals surface area contributed by atoms with Crippen molar-refractivity contribution < 1.29 is 13.2 Å². The Morgan fingerprint density at radius 2 is 1.94 bits per heavy atom. The van der Waals surface area contributed by atoms with Gasteiger partial charge in [-0.3, -0.25) is 0 Å². The first-order chi connectivity index (χ1) is 8.39. The molecule has 1 unspecified atom stereocenters. The van der Waals surface area contributed by atoms with Crippen molar-refractivity contribution in [3.05, 3.63) is 56.7 Å². The van der Waals surface area contributed by atoms with Crippen molar-refractivity contribution in [1.82, 2.24) is 0 Å². The summed E-state index contributed by atoms with van der Waals surface area (Å²) in [5.41, 5.74) is -0.119. The first kappa shape index (κ1) is 13.9. The molecule has 18 heavy (non-hydrogen) atoms. The van der Waals surface area contributed by atoms with Crippen molar-refractivity contribution in [3.63, 3.8) is 0 Å². The highest BCUT2D eigenvalue weighted by molar-refractivity contribution is 9.09. The van der Waals surface area contributed by atoms with Crippen LogP contribution in [0.2, 0.25) is 5.02 Å². The lowest BCUT2D eigenvalue weighted by molar-refractivity contribution is -0.137. The molecule has 0 spiro atoms. The average Bonchev–Trinajstić information content (AvgIpc) is 2.73. The standard InChI is InChI=1S/C12H7BrClF3S/c13-10(11-9(14)4-5-18-11)7-2-1-3-8(6-7)12(15,16)17/h1-6,10H. The summed E-state index contributed by atoms with van der Waals surface area (Å²) in [5.74, 6) is 0. The molecule has 96 valence electrons. The monoisotopic (exact) mass is 354 g/mol. The lowest BCUT2D eigenvalue weighted by Gasteiger charge is -2.12. The molecule has 6 heteroatoms. The molecule has 0 radical (unpaired) electrons. The molecule has 1 atom stereocenters. The van der Waals surface area contributed by atoms with Crippen LogP contribution in [0.5, 0.6) is 0 Å². The maximum absolute atomic E-state index is 12.6. The van der Waals surface area contributed by atoms with Crippen molar-refractivity contribution in [2.24, 2.45) is 0 Å². The van der Waals surface area contributed by atoms with E-state index in [9.17, 15) is 13.2 Å². The van der Waals surface area contributed by atoms with Gasteiger partial charge < -0.3 is 0 Å². The van der Waals surface area contributed by atoms with Gasteiger partial charge in [-0.25, -0.2) is 0 Å². The minimum atomic E-state index is -4.33. The fourth-order valence-corrected chi connectivity index (χ4v) is 3.66. The van der Waals surface area contributed by atoms with Crippen LogP contribution < -0.4 is 0 Å². The van der Waals surface area contributed by atoms with Gasteiger partial charge in [-0.1, -0.05) is 45.7 Å². The highest BCUT2D eigenvalue weighted by Gasteiger charge is 2.31. The third-order valence-electron chi connectivity index (χ3n) is 2.38. The normalized spacial score (nSPS) is 13.6. The fourth-order valence-electron chi connectivity index (χ4n) is 1.51. The van der Waals surface area contributed by atoms with Gasteiger partial charge in [-0.15, -0.1) is 11.3 Å². The van der Waals surface area contributed by atoms with E-state index in [1.54, 1.807) is 17.5 Å². The Morgan fingerprint density at radius 3 is 2.50 bits per heavy atom. The van der Waals surface area contributed by atoms with Gasteiger partial charge >= 0.3 is 6.18 Å². The molecule has 1 heterocycles. The first-order valence-electron chi connectivity index (χ1n) is 4.93. The van der Waals surface area contributed by atoms with E-state index in [4.69, 9.17) is 11.6 Å². The van der Waals surface area contributed by atoms with E-state index in [1.165, 1.54) is 17.4 Å². The molecular weight excluding hydrogens is 349 g/mol. The molecule has 0 bridgehead atoms. The van der Waals surface area contributed by atoms with Crippen LogP contribution in [0.4, 0.5) is 13.2 Å². The molecule has 0 N–H and O–H groups in total. The van der Waals surface area contributed by atoms with Crippen LogP contribution in [0.3, 0.4) is 0 Å². The van der Waals surface area contributed by atoms with Crippen LogP contribution >= 0.6 is 38.9 Å². The van der Waals surface area contributed by atoms with Gasteiger partial charge in [-0.2, -0.15) is 13.2 Å². The van der Waals surface area contributed by atoms with Crippen molar-refractivity contribution in [3.8, 4) is 0 Å². The molecule has 0 aliphatic heterocycles. The van der Waals surface area contributed by atoms with E-state index in [2.05, 4.69) is 15.9 Å². The summed E-state index contributed by atoms with van der Waals surface area (Å²) >= 11 is 10.8. The third-order valence-corrected chi connectivity index (χ3v) is 5.09. The zero-order valence-corrected chi connectivity index (χ0v) is 12.0. The van der Waals surface area contributed by atoms with E-state index in [1.807, 2.05) is 0 Å². The Kier molecular flexibility index (Phi) is 4.04. The number of rotatable bonds is 2. The molecule has 0 saturated heterocycles. The summed E-state index contributed by atoms with van der Waals surface area (Å²) in [7, 11) is 0. The Labute approximate surface area is 120 Å². The van der Waals surface area contributed by atoms with E-state index in [-0.39, 0.29) is 4.83 Å². The van der Waals surface area contributed by atoms with Crippen LogP contribution in [0, 0.1) is 0 Å². The van der Waals surface area contributed by atoms with Gasteiger partial charge in [0.05, 0.1) is 15.4 Å². The summed E-state index contributed by atoms with van der Waals surface area (Å²) in [6.07, 6.45) is -4.33. The highest BCUT2D eigenvalue weighted by atomic mass is 79.9. The zero-order valence-electron chi connectivity index (χ0n) is 8.84. The Morgan fingerprint density at radius 1 is 1.22 bits per heavy atom. The van der Waals surface area contributed by atoms with E-state index >= 15 is 0 Å². The summed E-state index contributed by atoms with van der Waals surface area (Å²) in [6.45, 7) is 0. The SMILES string of the molecule is FC(F)(F)c1cccc(C(Br)c2sccc2Cl)c1. The number of halogens is 5. The van der Waals surface area contributed by atoms with Gasteiger partial charge in [0.1, 0.15) is 0 Å². The molecule has 0 fully saturated rings. The fraction of sp³-hybridized carbons (Fsp3) is 0.167. The largest absolute Gasteiger partial charge is 0.416 e. The number of benzene rings is 1. The number of alkyl halides is 4. The average molecular weight is 356 g/mol. The van der Waals surface area contributed by atoms with Crippen LogP contribution in [-0.4, -0.2) is 0 Å². The highest BCUT2D eigenvalue weighted by Crippen LogP contribution is 2.40. The summed E-state index contributed by atoms with van der Waals surface area (Å²) in [4.78, 5) is 0.475. The van der Waals surface area contributed by atoms with Crippen LogP contribution in [0.15, 0.2) is 35.7 Å². The molecule has 1 aromatic heterocycles. The van der Waals surface area contributed by atoms with E-state index < -0.39 is 11.7 Å². The van der Waals surface area contributed by atoms with Gasteiger partial charge in [0.2, 0.25) is 0 Å². The second-order valence-corrected chi connectivity index (χ2v) is 5.89. The Hall–Kier alpha value is -0.520. The van der Waals surface area contributed by atoms with Gasteiger partial charge in [0.15, 0.2) is 0 Å². The molecular formula is C12H7BrClF3S. The number of thiophene rings is 1. The van der Waals surface area contributed by atoms with Gasteiger partial charge in [0.25, 0.3) is 0 Å². The minimum Gasteiger partial charge on any atom is -0.166 e. The van der Waals surface area contributed by atoms with Gasteiger partial charge in [0, 0.05) is 4.88 Å². The second-order valence-electron chi connectivity index (χ2n) is 3.62. The smallest absolute Gasteiger partial charge is 0.166 e. The molecule has 0 nitrogen and oxygen atoms in total.